The Bertz CT molecular complexity index is 123. The van der Waals surface area contributed by atoms with Gasteiger partial charge in [-0.25, -0.2) is 5.84 Å². The minimum absolute atomic E-state index is 0.0234. The largest absolute Gasteiger partial charge is 0.293 e. The monoisotopic (exact) mass is 160 g/mol. The molecule has 4 heteroatoms. The van der Waals surface area contributed by atoms with E-state index in [1.807, 2.05) is 0 Å². The second kappa shape index (κ2) is 3.83. The summed E-state index contributed by atoms with van der Waals surface area (Å²) in [6.07, 6.45) is 3.37. The summed E-state index contributed by atoms with van der Waals surface area (Å²) in [4.78, 5) is 10.9. The van der Waals surface area contributed by atoms with Crippen molar-refractivity contribution < 1.29 is 4.79 Å². The van der Waals surface area contributed by atoms with Crippen LogP contribution in [-0.4, -0.2) is 16.9 Å². The molecule has 0 aliphatic carbocycles. The summed E-state index contributed by atoms with van der Waals surface area (Å²) in [7, 11) is 0. The molecule has 1 fully saturated rings. The lowest BCUT2D eigenvalue weighted by molar-refractivity contribution is -0.120. The highest BCUT2D eigenvalue weighted by atomic mass is 32.2. The number of hydrogen-bond acceptors (Lipinski definition) is 3. The first-order valence-electron chi connectivity index (χ1n) is 3.46. The molecular formula is C6H12N2OS. The van der Waals surface area contributed by atoms with Crippen LogP contribution in [0.5, 0.6) is 0 Å². The van der Waals surface area contributed by atoms with E-state index in [-0.39, 0.29) is 11.2 Å². The first-order valence-corrected chi connectivity index (χ1v) is 4.51. The van der Waals surface area contributed by atoms with Crippen LogP contribution in [0.4, 0.5) is 0 Å². The van der Waals surface area contributed by atoms with Gasteiger partial charge in [0, 0.05) is 0 Å². The molecule has 0 radical (unpaired) electrons. The number of thioether (sulfide) groups is 1. The molecule has 0 aromatic heterocycles. The third kappa shape index (κ3) is 1.88. The van der Waals surface area contributed by atoms with Gasteiger partial charge >= 0.3 is 0 Å². The van der Waals surface area contributed by atoms with Crippen molar-refractivity contribution in [2.24, 2.45) is 5.84 Å². The zero-order valence-corrected chi connectivity index (χ0v) is 6.62. The summed E-state index contributed by atoms with van der Waals surface area (Å²) in [5, 5.41) is 0.110. The van der Waals surface area contributed by atoms with Crippen LogP contribution in [0.1, 0.15) is 19.3 Å². The van der Waals surface area contributed by atoms with E-state index in [2.05, 4.69) is 5.43 Å². The summed E-state index contributed by atoms with van der Waals surface area (Å²) >= 11 is 1.70. The third-order valence-corrected chi connectivity index (χ3v) is 2.99. The van der Waals surface area contributed by atoms with Gasteiger partial charge in [-0.1, -0.05) is 6.42 Å². The summed E-state index contributed by atoms with van der Waals surface area (Å²) in [5.74, 6) is 6.06. The van der Waals surface area contributed by atoms with E-state index in [1.54, 1.807) is 11.8 Å². The van der Waals surface area contributed by atoms with E-state index in [0.717, 1.165) is 18.6 Å². The van der Waals surface area contributed by atoms with Crippen LogP contribution < -0.4 is 11.3 Å². The van der Waals surface area contributed by atoms with Crippen LogP contribution in [0, 0.1) is 0 Å². The topological polar surface area (TPSA) is 55.1 Å². The maximum absolute atomic E-state index is 10.9. The lowest BCUT2D eigenvalue weighted by Crippen LogP contribution is -2.38. The fraction of sp³-hybridized carbons (Fsp3) is 0.833. The predicted octanol–water partition coefficient (Wildman–Crippen LogP) is 0.262. The molecule has 1 aliphatic rings. The average Bonchev–Trinajstić information content (AvgIpc) is 2.05. The number of hydrazine groups is 1. The SMILES string of the molecule is NNC(=O)C1CCCCS1. The molecule has 3 nitrogen and oxygen atoms in total. The first-order chi connectivity index (χ1) is 4.84. The van der Waals surface area contributed by atoms with Crippen LogP contribution in [0.15, 0.2) is 0 Å². The minimum atomic E-state index is -0.0234. The molecule has 1 rings (SSSR count). The zero-order valence-electron chi connectivity index (χ0n) is 5.80. The number of nitrogens with one attached hydrogen (secondary N) is 1. The molecule has 1 amide bonds. The van der Waals surface area contributed by atoms with E-state index in [1.165, 1.54) is 6.42 Å². The van der Waals surface area contributed by atoms with Crippen molar-refractivity contribution in [3.8, 4) is 0 Å². The van der Waals surface area contributed by atoms with Crippen molar-refractivity contribution in [3.63, 3.8) is 0 Å². The number of hydrogen-bond donors (Lipinski definition) is 2. The summed E-state index contributed by atoms with van der Waals surface area (Å²) in [5.41, 5.74) is 2.17. The van der Waals surface area contributed by atoms with Gasteiger partial charge in [-0.2, -0.15) is 0 Å². The Hall–Kier alpha value is -0.220. The Morgan fingerprint density at radius 2 is 2.40 bits per heavy atom. The number of amides is 1. The predicted molar refractivity (Wildman–Crippen MR) is 42.4 cm³/mol. The molecule has 3 N–H and O–H groups in total. The molecule has 1 saturated heterocycles. The normalized spacial score (nSPS) is 25.9. The van der Waals surface area contributed by atoms with Gasteiger partial charge in [0.1, 0.15) is 0 Å². The van der Waals surface area contributed by atoms with Crippen molar-refractivity contribution >= 4 is 17.7 Å². The molecule has 0 spiro atoms. The van der Waals surface area contributed by atoms with Crippen LogP contribution >= 0.6 is 11.8 Å². The minimum Gasteiger partial charge on any atom is -0.293 e. The second-order valence-electron chi connectivity index (χ2n) is 2.36. The van der Waals surface area contributed by atoms with Crippen molar-refractivity contribution in [3.05, 3.63) is 0 Å². The maximum atomic E-state index is 10.9. The van der Waals surface area contributed by atoms with Gasteiger partial charge < -0.3 is 0 Å². The first kappa shape index (κ1) is 7.88. The van der Waals surface area contributed by atoms with E-state index in [9.17, 15) is 4.79 Å². The lowest BCUT2D eigenvalue weighted by Gasteiger charge is -2.18. The van der Waals surface area contributed by atoms with Gasteiger partial charge in [-0.05, 0) is 18.6 Å². The van der Waals surface area contributed by atoms with Crippen molar-refractivity contribution in [1.29, 1.82) is 0 Å². The Labute approximate surface area is 64.7 Å². The molecule has 1 aliphatic heterocycles. The van der Waals surface area contributed by atoms with E-state index >= 15 is 0 Å². The molecule has 0 saturated carbocycles. The molecule has 10 heavy (non-hydrogen) atoms. The van der Waals surface area contributed by atoms with Crippen LogP contribution in [0.25, 0.3) is 0 Å². The van der Waals surface area contributed by atoms with E-state index in [4.69, 9.17) is 5.84 Å². The molecular weight excluding hydrogens is 148 g/mol. The number of rotatable bonds is 1. The molecule has 1 heterocycles. The van der Waals surface area contributed by atoms with Crippen LogP contribution in [0.3, 0.4) is 0 Å². The summed E-state index contributed by atoms with van der Waals surface area (Å²) < 4.78 is 0. The molecule has 1 unspecified atom stereocenters. The van der Waals surface area contributed by atoms with E-state index in [0.29, 0.717) is 0 Å². The molecule has 0 aromatic rings. The van der Waals surface area contributed by atoms with Gasteiger partial charge in [0.15, 0.2) is 0 Å². The smallest absolute Gasteiger partial charge is 0.246 e. The lowest BCUT2D eigenvalue weighted by atomic mass is 10.2. The van der Waals surface area contributed by atoms with Gasteiger partial charge in [0.2, 0.25) is 5.91 Å². The van der Waals surface area contributed by atoms with Gasteiger partial charge in [-0.3, -0.25) is 10.2 Å². The van der Waals surface area contributed by atoms with Gasteiger partial charge in [0.05, 0.1) is 5.25 Å². The van der Waals surface area contributed by atoms with Crippen LogP contribution in [0.2, 0.25) is 0 Å². The Kier molecular flexibility index (Phi) is 3.02. The standard InChI is InChI=1S/C6H12N2OS/c7-8-6(9)5-3-1-2-4-10-5/h5H,1-4,7H2,(H,8,9). The Balaban J connectivity index is 2.31. The zero-order chi connectivity index (χ0) is 7.40. The molecule has 0 bridgehead atoms. The molecule has 1 atom stereocenters. The summed E-state index contributed by atoms with van der Waals surface area (Å²) in [6.45, 7) is 0. The van der Waals surface area contributed by atoms with E-state index < -0.39 is 0 Å². The molecule has 0 aromatic carbocycles. The highest BCUT2D eigenvalue weighted by Crippen LogP contribution is 2.24. The van der Waals surface area contributed by atoms with Gasteiger partial charge in [0.25, 0.3) is 0 Å². The number of nitrogens with two attached hydrogens (primary N) is 1. The number of carbonyl (C=O) groups is 1. The fourth-order valence-electron chi connectivity index (χ4n) is 1.04. The second-order valence-corrected chi connectivity index (χ2v) is 3.67. The van der Waals surface area contributed by atoms with Crippen molar-refractivity contribution in [2.45, 2.75) is 24.5 Å². The maximum Gasteiger partial charge on any atom is 0.246 e. The van der Waals surface area contributed by atoms with Crippen LogP contribution in [-0.2, 0) is 4.79 Å². The Morgan fingerprint density at radius 3 is 2.90 bits per heavy atom. The highest BCUT2D eigenvalue weighted by Gasteiger charge is 2.20. The average molecular weight is 160 g/mol. The quantitative estimate of drug-likeness (QED) is 0.329. The fourth-order valence-corrected chi connectivity index (χ4v) is 2.25. The Morgan fingerprint density at radius 1 is 1.60 bits per heavy atom. The third-order valence-electron chi connectivity index (χ3n) is 1.61. The van der Waals surface area contributed by atoms with Crippen molar-refractivity contribution in [1.82, 2.24) is 5.43 Å². The highest BCUT2D eigenvalue weighted by molar-refractivity contribution is 8.00. The number of carbonyl (C=O) groups excluding carboxylic acids is 1. The van der Waals surface area contributed by atoms with Gasteiger partial charge in [-0.15, -0.1) is 11.8 Å². The summed E-state index contributed by atoms with van der Waals surface area (Å²) in [6, 6.07) is 0. The molecule has 58 valence electrons. The van der Waals surface area contributed by atoms with Crippen molar-refractivity contribution in [2.75, 3.05) is 5.75 Å².